The Morgan fingerprint density at radius 3 is 2.14 bits per heavy atom. The second-order valence-electron chi connectivity index (χ2n) is 9.51. The third-order valence-corrected chi connectivity index (χ3v) is 6.60. The first-order valence-corrected chi connectivity index (χ1v) is 10.6. The number of rotatable bonds is 5. The third-order valence-electron chi connectivity index (χ3n) is 6.60. The molecule has 0 bridgehead atoms. The van der Waals surface area contributed by atoms with E-state index in [1.54, 1.807) is 4.90 Å². The number of carbonyl (C=O) groups excluding carboxylic acids is 1. The molecule has 0 atom stereocenters. The first-order valence-electron chi connectivity index (χ1n) is 10.6. The number of carbonyl (C=O) groups is 1. The van der Waals surface area contributed by atoms with Crippen molar-refractivity contribution in [2.45, 2.75) is 78.6 Å². The molecule has 1 aliphatic carbocycles. The molecule has 0 spiro atoms. The zero-order valence-electron chi connectivity index (χ0n) is 18.6. The van der Waals surface area contributed by atoms with Crippen molar-refractivity contribution < 1.29 is 9.21 Å². The topological polar surface area (TPSA) is 33.5 Å². The fourth-order valence-corrected chi connectivity index (χ4v) is 4.40. The van der Waals surface area contributed by atoms with Crippen LogP contribution in [-0.4, -0.2) is 23.9 Å². The average molecular weight is 382 g/mol. The minimum atomic E-state index is -0.0266. The van der Waals surface area contributed by atoms with E-state index in [-0.39, 0.29) is 16.7 Å². The molecule has 3 rings (SSSR count). The summed E-state index contributed by atoms with van der Waals surface area (Å²) in [5.41, 5.74) is 5.97. The molecule has 0 unspecified atom stereocenters. The largest absolute Gasteiger partial charge is 0.456 e. The summed E-state index contributed by atoms with van der Waals surface area (Å²) in [6.07, 6.45) is 3.15. The fourth-order valence-electron chi connectivity index (χ4n) is 4.40. The molecule has 0 saturated carbocycles. The van der Waals surface area contributed by atoms with E-state index in [1.165, 1.54) is 35.1 Å². The number of hydrogen-bond donors (Lipinski definition) is 0. The number of benzene rings is 1. The summed E-state index contributed by atoms with van der Waals surface area (Å²) in [5, 5.41) is 0. The van der Waals surface area contributed by atoms with Crippen LogP contribution in [0.4, 0.5) is 0 Å². The van der Waals surface area contributed by atoms with Crippen LogP contribution in [-0.2, 0) is 17.3 Å². The Morgan fingerprint density at radius 1 is 1.00 bits per heavy atom. The van der Waals surface area contributed by atoms with Gasteiger partial charge in [0.05, 0.1) is 0 Å². The fraction of sp³-hybridized carbons (Fsp3) is 0.560. The summed E-state index contributed by atoms with van der Waals surface area (Å²) in [6.45, 7) is 17.0. The zero-order valence-corrected chi connectivity index (χ0v) is 18.6. The first kappa shape index (κ1) is 20.7. The predicted octanol–water partition coefficient (Wildman–Crippen LogP) is 6.01. The maximum Gasteiger partial charge on any atom is 0.289 e. The van der Waals surface area contributed by atoms with Crippen LogP contribution in [0.15, 0.2) is 28.7 Å². The van der Waals surface area contributed by atoms with Gasteiger partial charge in [-0.2, -0.15) is 0 Å². The Morgan fingerprint density at radius 2 is 1.57 bits per heavy atom. The summed E-state index contributed by atoms with van der Waals surface area (Å²) in [6, 6.07) is 8.54. The highest BCUT2D eigenvalue weighted by molar-refractivity contribution is 5.91. The van der Waals surface area contributed by atoms with Gasteiger partial charge in [-0.05, 0) is 78.8 Å². The van der Waals surface area contributed by atoms with Gasteiger partial charge in [0.1, 0.15) is 5.76 Å². The van der Waals surface area contributed by atoms with Crippen molar-refractivity contribution in [1.82, 2.24) is 4.90 Å². The summed E-state index contributed by atoms with van der Waals surface area (Å²) in [4.78, 5) is 14.3. The molecule has 1 heterocycles. The summed E-state index contributed by atoms with van der Waals surface area (Å²) >= 11 is 0. The van der Waals surface area contributed by atoms with Gasteiger partial charge in [0, 0.05) is 19.5 Å². The highest BCUT2D eigenvalue weighted by atomic mass is 16.4. The molecule has 0 N–H and O–H groups in total. The number of aryl methyl sites for hydroxylation is 1. The van der Waals surface area contributed by atoms with Crippen molar-refractivity contribution in [3.8, 4) is 0 Å². The summed E-state index contributed by atoms with van der Waals surface area (Å²) in [5.74, 6) is 1.27. The molecule has 0 radical (unpaired) electrons. The molecule has 2 aromatic rings. The van der Waals surface area contributed by atoms with Crippen LogP contribution in [0.1, 0.15) is 93.0 Å². The normalized spacial score (nSPS) is 17.2. The van der Waals surface area contributed by atoms with Crippen LogP contribution in [0.2, 0.25) is 0 Å². The quantitative estimate of drug-likeness (QED) is 0.635. The molecular weight excluding hydrogens is 346 g/mol. The Balaban J connectivity index is 1.91. The van der Waals surface area contributed by atoms with Gasteiger partial charge in [-0.15, -0.1) is 0 Å². The lowest BCUT2D eigenvalue weighted by Gasteiger charge is -2.42. The van der Waals surface area contributed by atoms with E-state index >= 15 is 0 Å². The van der Waals surface area contributed by atoms with Crippen molar-refractivity contribution >= 4 is 5.91 Å². The van der Waals surface area contributed by atoms with Gasteiger partial charge in [-0.1, -0.05) is 39.8 Å². The zero-order chi connectivity index (χ0) is 20.7. The van der Waals surface area contributed by atoms with Gasteiger partial charge in [-0.3, -0.25) is 4.79 Å². The molecular formula is C25H35NO2. The second kappa shape index (κ2) is 7.42. The van der Waals surface area contributed by atoms with Gasteiger partial charge in [0.25, 0.3) is 5.91 Å². The molecule has 1 aliphatic rings. The smallest absolute Gasteiger partial charge is 0.289 e. The third kappa shape index (κ3) is 3.76. The standard InChI is InChI=1S/C25H35NO2/c1-8-26(9-2)23(27)22-11-10-19(28-22)15-18-16-21-20(14-17(18)3)24(4,5)12-13-25(21,6)7/h10-11,14,16H,8-9,12-13,15H2,1-7H3. The molecule has 0 fully saturated rings. The number of hydrogen-bond acceptors (Lipinski definition) is 2. The monoisotopic (exact) mass is 381 g/mol. The Bertz CT molecular complexity index is 869. The number of amides is 1. The number of furan rings is 1. The highest BCUT2D eigenvalue weighted by Crippen LogP contribution is 2.46. The van der Waals surface area contributed by atoms with Crippen molar-refractivity contribution in [1.29, 1.82) is 0 Å². The van der Waals surface area contributed by atoms with Crippen molar-refractivity contribution in [2.75, 3.05) is 13.1 Å². The summed E-state index contributed by atoms with van der Waals surface area (Å²) in [7, 11) is 0. The Labute approximate surface area is 170 Å². The molecule has 1 amide bonds. The van der Waals surface area contributed by atoms with Crippen LogP contribution in [0.25, 0.3) is 0 Å². The molecule has 0 saturated heterocycles. The van der Waals surface area contributed by atoms with Gasteiger partial charge < -0.3 is 9.32 Å². The highest BCUT2D eigenvalue weighted by Gasteiger charge is 2.37. The molecule has 1 aromatic heterocycles. The van der Waals surface area contributed by atoms with E-state index in [4.69, 9.17) is 4.42 Å². The second-order valence-corrected chi connectivity index (χ2v) is 9.51. The molecule has 3 heteroatoms. The van der Waals surface area contributed by atoms with E-state index in [2.05, 4.69) is 46.8 Å². The van der Waals surface area contributed by atoms with Crippen LogP contribution in [0, 0.1) is 6.92 Å². The minimum Gasteiger partial charge on any atom is -0.456 e. The van der Waals surface area contributed by atoms with Crippen molar-refractivity contribution in [3.05, 3.63) is 58.0 Å². The van der Waals surface area contributed by atoms with Crippen molar-refractivity contribution in [2.24, 2.45) is 0 Å². The molecule has 28 heavy (non-hydrogen) atoms. The number of fused-ring (bicyclic) bond motifs is 1. The van der Waals surface area contributed by atoms with E-state index in [9.17, 15) is 4.79 Å². The average Bonchev–Trinajstić information content (AvgIpc) is 3.10. The molecule has 1 aromatic carbocycles. The van der Waals surface area contributed by atoms with Crippen molar-refractivity contribution in [3.63, 3.8) is 0 Å². The summed E-state index contributed by atoms with van der Waals surface area (Å²) < 4.78 is 5.93. The van der Waals surface area contributed by atoms with E-state index in [0.717, 1.165) is 12.2 Å². The maximum absolute atomic E-state index is 12.5. The lowest BCUT2D eigenvalue weighted by atomic mass is 9.62. The SMILES string of the molecule is CCN(CC)C(=O)c1ccc(Cc2cc3c(cc2C)C(C)(C)CCC3(C)C)o1. The van der Waals surface area contributed by atoms with Gasteiger partial charge in [0.15, 0.2) is 5.76 Å². The molecule has 0 aliphatic heterocycles. The molecule has 152 valence electrons. The maximum atomic E-state index is 12.5. The van der Waals surface area contributed by atoms with Gasteiger partial charge >= 0.3 is 0 Å². The van der Waals surface area contributed by atoms with Gasteiger partial charge in [-0.25, -0.2) is 0 Å². The Hall–Kier alpha value is -2.03. The van der Waals surface area contributed by atoms with E-state index in [0.29, 0.717) is 18.8 Å². The van der Waals surface area contributed by atoms with E-state index < -0.39 is 0 Å². The first-order chi connectivity index (χ1) is 13.1. The molecule has 3 nitrogen and oxygen atoms in total. The predicted molar refractivity (Wildman–Crippen MR) is 115 cm³/mol. The van der Waals surface area contributed by atoms with Crippen LogP contribution >= 0.6 is 0 Å². The Kier molecular flexibility index (Phi) is 5.49. The number of nitrogens with zero attached hydrogens (tertiary/aromatic N) is 1. The van der Waals surface area contributed by atoms with E-state index in [1.807, 2.05) is 26.0 Å². The van der Waals surface area contributed by atoms with Crippen LogP contribution in [0.5, 0.6) is 0 Å². The van der Waals surface area contributed by atoms with Crippen LogP contribution < -0.4 is 0 Å². The minimum absolute atomic E-state index is 0.0266. The lowest BCUT2D eigenvalue weighted by molar-refractivity contribution is 0.0739. The van der Waals surface area contributed by atoms with Crippen LogP contribution in [0.3, 0.4) is 0 Å². The lowest BCUT2D eigenvalue weighted by Crippen LogP contribution is -2.34. The van der Waals surface area contributed by atoms with Gasteiger partial charge in [0.2, 0.25) is 0 Å².